The van der Waals surface area contributed by atoms with Crippen LogP contribution < -0.4 is 15.6 Å². The molecule has 2 aromatic heterocycles. The molecule has 142 valence electrons. The van der Waals surface area contributed by atoms with Crippen LogP contribution in [0.4, 0.5) is 4.39 Å². The molecule has 0 saturated heterocycles. The minimum absolute atomic E-state index is 0.164. The number of amides is 1. The maximum atomic E-state index is 14.1. The summed E-state index contributed by atoms with van der Waals surface area (Å²) in [4.78, 5) is 29.2. The number of hydrogen-bond donors (Lipinski definition) is 1. The fourth-order valence-corrected chi connectivity index (χ4v) is 4.09. The van der Waals surface area contributed by atoms with Gasteiger partial charge in [0.1, 0.15) is 22.8 Å². The Labute approximate surface area is 163 Å². The minimum atomic E-state index is -0.413. The van der Waals surface area contributed by atoms with Gasteiger partial charge < -0.3 is 10.1 Å². The lowest BCUT2D eigenvalue weighted by Gasteiger charge is -2.08. The standard InChI is InChI=1S/C20H16FN3O3S/c1-27-13-5-2-4-12(8-13)9-22-16(25)10-24-11-23-18-17-14(21)6-3-7-15(17)28-19(18)20(24)26/h2-8,11H,9-10H2,1H3,(H,22,25). The van der Waals surface area contributed by atoms with Crippen LogP contribution in [-0.4, -0.2) is 22.6 Å². The zero-order valence-electron chi connectivity index (χ0n) is 14.9. The predicted molar refractivity (Wildman–Crippen MR) is 106 cm³/mol. The van der Waals surface area contributed by atoms with Crippen molar-refractivity contribution in [2.75, 3.05) is 7.11 Å². The Kier molecular flexibility index (Phi) is 4.79. The van der Waals surface area contributed by atoms with Gasteiger partial charge in [-0.15, -0.1) is 11.3 Å². The molecule has 0 fully saturated rings. The number of nitrogens with one attached hydrogen (secondary N) is 1. The van der Waals surface area contributed by atoms with Gasteiger partial charge in [0.05, 0.1) is 24.3 Å². The third kappa shape index (κ3) is 3.34. The zero-order chi connectivity index (χ0) is 19.7. The van der Waals surface area contributed by atoms with Gasteiger partial charge in [-0.2, -0.15) is 0 Å². The third-order valence-corrected chi connectivity index (χ3v) is 5.49. The van der Waals surface area contributed by atoms with E-state index in [-0.39, 0.29) is 18.0 Å². The molecule has 0 aliphatic carbocycles. The van der Waals surface area contributed by atoms with Gasteiger partial charge in [-0.1, -0.05) is 18.2 Å². The van der Waals surface area contributed by atoms with Crippen molar-refractivity contribution in [2.45, 2.75) is 13.1 Å². The number of nitrogens with zero attached hydrogens (tertiary/aromatic N) is 2. The van der Waals surface area contributed by atoms with E-state index >= 15 is 0 Å². The smallest absolute Gasteiger partial charge is 0.271 e. The Morgan fingerprint density at radius 3 is 2.93 bits per heavy atom. The lowest BCUT2D eigenvalue weighted by atomic mass is 10.2. The first kappa shape index (κ1) is 18.1. The second-order valence-electron chi connectivity index (χ2n) is 6.20. The van der Waals surface area contributed by atoms with Crippen LogP contribution in [0, 0.1) is 5.82 Å². The topological polar surface area (TPSA) is 73.2 Å². The fourth-order valence-electron chi connectivity index (χ4n) is 2.98. The number of benzene rings is 2. The number of hydrogen-bond acceptors (Lipinski definition) is 5. The van der Waals surface area contributed by atoms with Crippen LogP contribution in [0.25, 0.3) is 20.3 Å². The van der Waals surface area contributed by atoms with E-state index in [9.17, 15) is 14.0 Å². The molecule has 28 heavy (non-hydrogen) atoms. The van der Waals surface area contributed by atoms with Crippen LogP contribution in [-0.2, 0) is 17.9 Å². The Hall–Kier alpha value is -3.26. The molecule has 0 unspecified atom stereocenters. The SMILES string of the molecule is COc1cccc(CNC(=O)Cn2cnc3c(sc4cccc(F)c43)c2=O)c1. The van der Waals surface area contributed by atoms with Gasteiger partial charge in [-0.05, 0) is 29.8 Å². The molecular formula is C20H16FN3O3S. The number of carbonyl (C=O) groups excluding carboxylic acids is 1. The highest BCUT2D eigenvalue weighted by atomic mass is 32.1. The highest BCUT2D eigenvalue weighted by Crippen LogP contribution is 2.31. The quantitative estimate of drug-likeness (QED) is 0.562. The summed E-state index contributed by atoms with van der Waals surface area (Å²) in [6.45, 7) is 0.150. The number of halogens is 1. The molecule has 2 heterocycles. The van der Waals surface area contributed by atoms with Gasteiger partial charge in [0.15, 0.2) is 0 Å². The van der Waals surface area contributed by atoms with E-state index in [0.717, 1.165) is 5.56 Å². The van der Waals surface area contributed by atoms with E-state index in [1.807, 2.05) is 24.3 Å². The van der Waals surface area contributed by atoms with E-state index in [4.69, 9.17) is 4.74 Å². The Balaban J connectivity index is 1.55. The van der Waals surface area contributed by atoms with Gasteiger partial charge in [-0.25, -0.2) is 9.37 Å². The normalized spacial score (nSPS) is 11.1. The number of thiophene rings is 1. The predicted octanol–water partition coefficient (Wildman–Crippen LogP) is 3.08. The molecule has 0 radical (unpaired) electrons. The van der Waals surface area contributed by atoms with Crippen LogP contribution >= 0.6 is 11.3 Å². The molecule has 6 nitrogen and oxygen atoms in total. The summed E-state index contributed by atoms with van der Waals surface area (Å²) in [5.74, 6) is -0.0302. The van der Waals surface area contributed by atoms with Crippen LogP contribution in [0.3, 0.4) is 0 Å². The van der Waals surface area contributed by atoms with Gasteiger partial charge >= 0.3 is 0 Å². The molecule has 8 heteroatoms. The molecule has 1 amide bonds. The van der Waals surface area contributed by atoms with Crippen molar-refractivity contribution in [1.29, 1.82) is 0 Å². The molecule has 0 spiro atoms. The summed E-state index contributed by atoms with van der Waals surface area (Å²) in [5.41, 5.74) is 0.854. The minimum Gasteiger partial charge on any atom is -0.497 e. The molecule has 0 aliphatic rings. The molecule has 0 bridgehead atoms. The van der Waals surface area contributed by atoms with Crippen molar-refractivity contribution < 1.29 is 13.9 Å². The molecule has 4 aromatic rings. The summed E-state index contributed by atoms with van der Waals surface area (Å²) in [7, 11) is 1.58. The number of carbonyl (C=O) groups is 1. The molecule has 0 aliphatic heterocycles. The zero-order valence-corrected chi connectivity index (χ0v) is 15.8. The number of rotatable bonds is 5. The first-order valence-electron chi connectivity index (χ1n) is 8.52. The second kappa shape index (κ2) is 7.40. The van der Waals surface area contributed by atoms with E-state index < -0.39 is 5.82 Å². The van der Waals surface area contributed by atoms with E-state index in [1.165, 1.54) is 28.3 Å². The average Bonchev–Trinajstić information content (AvgIpc) is 3.09. The Morgan fingerprint density at radius 2 is 2.11 bits per heavy atom. The Morgan fingerprint density at radius 1 is 1.29 bits per heavy atom. The summed E-state index contributed by atoms with van der Waals surface area (Å²) in [6.07, 6.45) is 1.29. The monoisotopic (exact) mass is 397 g/mol. The van der Waals surface area contributed by atoms with Crippen molar-refractivity contribution >= 4 is 37.5 Å². The van der Waals surface area contributed by atoms with Crippen molar-refractivity contribution in [3.63, 3.8) is 0 Å². The lowest BCUT2D eigenvalue weighted by molar-refractivity contribution is -0.121. The van der Waals surface area contributed by atoms with Crippen LogP contribution in [0.2, 0.25) is 0 Å². The molecule has 0 saturated carbocycles. The third-order valence-electron chi connectivity index (χ3n) is 4.36. The molecule has 2 aromatic carbocycles. The van der Waals surface area contributed by atoms with Crippen molar-refractivity contribution in [2.24, 2.45) is 0 Å². The number of methoxy groups -OCH3 is 1. The molecule has 4 rings (SSSR count). The maximum Gasteiger partial charge on any atom is 0.271 e. The molecule has 1 N–H and O–H groups in total. The lowest BCUT2D eigenvalue weighted by Crippen LogP contribution is -2.31. The Bertz CT molecular complexity index is 1250. The highest BCUT2D eigenvalue weighted by Gasteiger charge is 2.15. The summed E-state index contributed by atoms with van der Waals surface area (Å²) >= 11 is 1.18. The maximum absolute atomic E-state index is 14.1. The van der Waals surface area contributed by atoms with Gasteiger partial charge in [0.25, 0.3) is 5.56 Å². The number of aromatic nitrogens is 2. The van der Waals surface area contributed by atoms with Crippen molar-refractivity contribution in [3.8, 4) is 5.75 Å². The number of ether oxygens (including phenoxy) is 1. The largest absolute Gasteiger partial charge is 0.497 e. The molecule has 0 atom stereocenters. The van der Waals surface area contributed by atoms with Crippen LogP contribution in [0.5, 0.6) is 5.75 Å². The summed E-state index contributed by atoms with van der Waals surface area (Å²) < 4.78 is 21.5. The summed E-state index contributed by atoms with van der Waals surface area (Å²) in [5, 5.41) is 3.11. The average molecular weight is 397 g/mol. The fraction of sp³-hybridized carbons (Fsp3) is 0.150. The highest BCUT2D eigenvalue weighted by molar-refractivity contribution is 7.25. The van der Waals surface area contributed by atoms with Gasteiger partial charge in [0, 0.05) is 11.2 Å². The van der Waals surface area contributed by atoms with Gasteiger partial charge in [0.2, 0.25) is 5.91 Å². The first-order valence-corrected chi connectivity index (χ1v) is 9.34. The second-order valence-corrected chi connectivity index (χ2v) is 7.25. The molecular weight excluding hydrogens is 381 g/mol. The first-order chi connectivity index (χ1) is 13.6. The summed E-state index contributed by atoms with van der Waals surface area (Å²) in [6, 6.07) is 12.0. The van der Waals surface area contributed by atoms with Crippen LogP contribution in [0.15, 0.2) is 53.6 Å². The number of fused-ring (bicyclic) bond motifs is 3. The van der Waals surface area contributed by atoms with E-state index in [1.54, 1.807) is 19.2 Å². The van der Waals surface area contributed by atoms with Crippen LogP contribution in [0.1, 0.15) is 5.56 Å². The van der Waals surface area contributed by atoms with Crippen molar-refractivity contribution in [3.05, 3.63) is 70.5 Å². The van der Waals surface area contributed by atoms with Gasteiger partial charge in [-0.3, -0.25) is 14.2 Å². The van der Waals surface area contributed by atoms with Crippen molar-refractivity contribution in [1.82, 2.24) is 14.9 Å². The van der Waals surface area contributed by atoms with E-state index in [0.29, 0.717) is 32.6 Å². The van der Waals surface area contributed by atoms with E-state index in [2.05, 4.69) is 10.3 Å².